The third kappa shape index (κ3) is 3.34. The summed E-state index contributed by atoms with van der Waals surface area (Å²) in [7, 11) is 0. The Hall–Kier alpha value is -1.81. The fourth-order valence-electron chi connectivity index (χ4n) is 4.21. The molecule has 4 nitrogen and oxygen atoms in total. The minimum Gasteiger partial charge on any atom is -0.451 e. The van der Waals surface area contributed by atoms with Gasteiger partial charge in [0.25, 0.3) is 5.91 Å². The lowest BCUT2D eigenvalue weighted by atomic mass is 9.95. The topological polar surface area (TPSA) is 45.5 Å². The van der Waals surface area contributed by atoms with Crippen LogP contribution in [0.25, 0.3) is 11.0 Å². The summed E-state index contributed by atoms with van der Waals surface area (Å²) in [6, 6.07) is 10.4. The molecule has 1 N–H and O–H groups in total. The van der Waals surface area contributed by atoms with Crippen molar-refractivity contribution in [1.29, 1.82) is 0 Å². The molecule has 24 heavy (non-hydrogen) atoms. The quantitative estimate of drug-likeness (QED) is 0.929. The molecule has 4 rings (SSSR count). The largest absolute Gasteiger partial charge is 0.451 e. The zero-order chi connectivity index (χ0) is 16.4. The molecule has 2 heterocycles. The van der Waals surface area contributed by atoms with E-state index in [1.54, 1.807) is 0 Å². The molecule has 1 saturated carbocycles. The van der Waals surface area contributed by atoms with Gasteiger partial charge in [-0.15, -0.1) is 0 Å². The van der Waals surface area contributed by atoms with Gasteiger partial charge in [0, 0.05) is 18.0 Å². The number of nitrogens with one attached hydrogen (secondary N) is 1. The first-order chi connectivity index (χ1) is 11.8. The maximum Gasteiger partial charge on any atom is 0.287 e. The van der Waals surface area contributed by atoms with Crippen LogP contribution in [0.5, 0.6) is 0 Å². The number of likely N-dealkylation sites (tertiary alicyclic amines) is 1. The Balaban J connectivity index is 1.27. The first kappa shape index (κ1) is 15.7. The van der Waals surface area contributed by atoms with Crippen molar-refractivity contribution in [3.8, 4) is 0 Å². The van der Waals surface area contributed by atoms with Gasteiger partial charge in [0.2, 0.25) is 0 Å². The van der Waals surface area contributed by atoms with E-state index in [9.17, 15) is 4.79 Å². The number of benzene rings is 1. The molecule has 2 aromatic rings. The van der Waals surface area contributed by atoms with E-state index < -0.39 is 0 Å². The van der Waals surface area contributed by atoms with Crippen molar-refractivity contribution in [2.75, 3.05) is 19.6 Å². The second-order valence-corrected chi connectivity index (χ2v) is 7.28. The highest BCUT2D eigenvalue weighted by molar-refractivity contribution is 5.96. The number of carbonyl (C=O) groups is 1. The lowest BCUT2D eigenvalue weighted by molar-refractivity contribution is 0.0900. The molecular weight excluding hydrogens is 300 g/mol. The van der Waals surface area contributed by atoms with Crippen LogP contribution in [0.3, 0.4) is 0 Å². The molecule has 128 valence electrons. The van der Waals surface area contributed by atoms with E-state index in [0.29, 0.717) is 11.7 Å². The second kappa shape index (κ2) is 6.98. The normalized spacial score (nSPS) is 20.7. The van der Waals surface area contributed by atoms with Crippen molar-refractivity contribution in [1.82, 2.24) is 10.2 Å². The van der Waals surface area contributed by atoms with Gasteiger partial charge in [0.1, 0.15) is 5.58 Å². The third-order valence-corrected chi connectivity index (χ3v) is 5.69. The number of para-hydroxylation sites is 1. The SMILES string of the molecule is O=C(NCC1CCN(C2CCCC2)CC1)c1cc2ccccc2o1. The molecule has 0 spiro atoms. The zero-order valence-electron chi connectivity index (χ0n) is 14.2. The van der Waals surface area contributed by atoms with E-state index in [1.165, 1.54) is 51.6 Å². The summed E-state index contributed by atoms with van der Waals surface area (Å²) < 4.78 is 5.63. The van der Waals surface area contributed by atoms with Crippen molar-refractivity contribution in [2.24, 2.45) is 5.92 Å². The Kier molecular flexibility index (Phi) is 4.56. The third-order valence-electron chi connectivity index (χ3n) is 5.69. The predicted octanol–water partition coefficient (Wildman–Crippen LogP) is 3.82. The number of hydrogen-bond donors (Lipinski definition) is 1. The molecule has 2 fully saturated rings. The van der Waals surface area contributed by atoms with E-state index in [2.05, 4.69) is 10.2 Å². The highest BCUT2D eigenvalue weighted by Gasteiger charge is 2.27. The van der Waals surface area contributed by atoms with Crippen LogP contribution < -0.4 is 5.32 Å². The Bertz CT molecular complexity index is 661. The number of fused-ring (bicyclic) bond motifs is 1. The Morgan fingerprint density at radius 3 is 2.62 bits per heavy atom. The fraction of sp³-hybridized carbons (Fsp3) is 0.550. The zero-order valence-corrected chi connectivity index (χ0v) is 14.2. The van der Waals surface area contributed by atoms with Crippen molar-refractivity contribution in [3.05, 3.63) is 36.1 Å². The number of hydrogen-bond acceptors (Lipinski definition) is 3. The van der Waals surface area contributed by atoms with E-state index in [-0.39, 0.29) is 5.91 Å². The van der Waals surface area contributed by atoms with E-state index >= 15 is 0 Å². The molecule has 0 radical (unpaired) electrons. The number of rotatable bonds is 4. The maximum absolute atomic E-state index is 12.3. The lowest BCUT2D eigenvalue weighted by Gasteiger charge is -2.36. The Morgan fingerprint density at radius 1 is 1.12 bits per heavy atom. The number of nitrogens with zero attached hydrogens (tertiary/aromatic N) is 1. The van der Waals surface area contributed by atoms with Crippen LogP contribution >= 0.6 is 0 Å². The first-order valence-electron chi connectivity index (χ1n) is 9.30. The number of amides is 1. The molecule has 1 aliphatic heterocycles. The van der Waals surface area contributed by atoms with E-state index in [4.69, 9.17) is 4.42 Å². The molecule has 2 aliphatic rings. The van der Waals surface area contributed by atoms with Gasteiger partial charge < -0.3 is 14.6 Å². The fourth-order valence-corrected chi connectivity index (χ4v) is 4.21. The highest BCUT2D eigenvalue weighted by Crippen LogP contribution is 2.27. The van der Waals surface area contributed by atoms with Gasteiger partial charge in [-0.25, -0.2) is 0 Å². The van der Waals surface area contributed by atoms with Crippen LogP contribution in [0.4, 0.5) is 0 Å². The molecule has 0 unspecified atom stereocenters. The summed E-state index contributed by atoms with van der Waals surface area (Å²) in [6.07, 6.45) is 7.95. The molecule has 0 bridgehead atoms. The smallest absolute Gasteiger partial charge is 0.287 e. The van der Waals surface area contributed by atoms with Gasteiger partial charge in [-0.05, 0) is 56.8 Å². The first-order valence-corrected chi connectivity index (χ1v) is 9.30. The molecule has 0 atom stereocenters. The standard InChI is InChI=1S/C20H26N2O2/c23-20(19-13-16-5-1-4-8-18(16)24-19)21-14-15-9-11-22(12-10-15)17-6-2-3-7-17/h1,4-5,8,13,15,17H,2-3,6-7,9-12,14H2,(H,21,23). The van der Waals surface area contributed by atoms with Crippen LogP contribution in [0.1, 0.15) is 49.1 Å². The van der Waals surface area contributed by atoms with E-state index in [0.717, 1.165) is 23.6 Å². The number of piperidine rings is 1. The van der Waals surface area contributed by atoms with Gasteiger partial charge in [-0.1, -0.05) is 31.0 Å². The predicted molar refractivity (Wildman–Crippen MR) is 95.1 cm³/mol. The number of furan rings is 1. The van der Waals surface area contributed by atoms with Gasteiger partial charge in [-0.2, -0.15) is 0 Å². The minimum atomic E-state index is -0.0931. The highest BCUT2D eigenvalue weighted by atomic mass is 16.3. The van der Waals surface area contributed by atoms with Crippen LogP contribution in [-0.4, -0.2) is 36.5 Å². The van der Waals surface area contributed by atoms with Crippen LogP contribution in [0.2, 0.25) is 0 Å². The van der Waals surface area contributed by atoms with Gasteiger partial charge in [-0.3, -0.25) is 4.79 Å². The maximum atomic E-state index is 12.3. The summed E-state index contributed by atoms with van der Waals surface area (Å²) in [5, 5.41) is 4.04. The van der Waals surface area contributed by atoms with Crippen LogP contribution in [0, 0.1) is 5.92 Å². The molecule has 1 aromatic heterocycles. The van der Waals surface area contributed by atoms with Crippen molar-refractivity contribution >= 4 is 16.9 Å². The average Bonchev–Trinajstić information content (AvgIpc) is 3.29. The molecule has 4 heteroatoms. The summed E-state index contributed by atoms with van der Waals surface area (Å²) in [6.45, 7) is 3.14. The summed E-state index contributed by atoms with van der Waals surface area (Å²) in [5.41, 5.74) is 0.771. The second-order valence-electron chi connectivity index (χ2n) is 7.28. The van der Waals surface area contributed by atoms with Crippen molar-refractivity contribution < 1.29 is 9.21 Å². The molecule has 1 aromatic carbocycles. The Labute approximate surface area is 143 Å². The average molecular weight is 326 g/mol. The van der Waals surface area contributed by atoms with Gasteiger partial charge in [0.15, 0.2) is 5.76 Å². The summed E-state index contributed by atoms with van der Waals surface area (Å²) in [5.74, 6) is 0.917. The summed E-state index contributed by atoms with van der Waals surface area (Å²) in [4.78, 5) is 15.0. The van der Waals surface area contributed by atoms with Crippen LogP contribution in [0.15, 0.2) is 34.7 Å². The molecule has 1 amide bonds. The minimum absolute atomic E-state index is 0.0931. The van der Waals surface area contributed by atoms with Crippen molar-refractivity contribution in [2.45, 2.75) is 44.6 Å². The molecule has 1 aliphatic carbocycles. The van der Waals surface area contributed by atoms with Gasteiger partial charge >= 0.3 is 0 Å². The molecule has 1 saturated heterocycles. The molecular formula is C20H26N2O2. The van der Waals surface area contributed by atoms with Gasteiger partial charge in [0.05, 0.1) is 0 Å². The monoisotopic (exact) mass is 326 g/mol. The van der Waals surface area contributed by atoms with E-state index in [1.807, 2.05) is 30.3 Å². The summed E-state index contributed by atoms with van der Waals surface area (Å²) >= 11 is 0. The Morgan fingerprint density at radius 2 is 1.88 bits per heavy atom. The number of carbonyl (C=O) groups excluding carboxylic acids is 1. The van der Waals surface area contributed by atoms with Crippen LogP contribution in [-0.2, 0) is 0 Å². The van der Waals surface area contributed by atoms with Crippen molar-refractivity contribution in [3.63, 3.8) is 0 Å². The lowest BCUT2D eigenvalue weighted by Crippen LogP contribution is -2.42.